The summed E-state index contributed by atoms with van der Waals surface area (Å²) in [6, 6.07) is 5.12. The maximum Gasteiger partial charge on any atom is 0.307 e. The van der Waals surface area contributed by atoms with Gasteiger partial charge in [-0.1, -0.05) is 25.0 Å². The number of terminal acetylenes is 1. The van der Waals surface area contributed by atoms with Crippen molar-refractivity contribution in [3.05, 3.63) is 29.8 Å². The molecular formula is C13H15NO4S. The van der Waals surface area contributed by atoms with E-state index in [-0.39, 0.29) is 11.3 Å². The topological polar surface area (TPSA) is 83.5 Å². The highest BCUT2D eigenvalue weighted by Gasteiger charge is 2.17. The standard InChI is InChI=1S/C13H15NO4S/c1-3-11(4-2)14-19(17,18)12-7-5-10(6-8-12)9-13(15)16/h1,5-8,11,14H,4,9H2,2H3,(H,15,16). The van der Waals surface area contributed by atoms with Crippen LogP contribution in [-0.4, -0.2) is 25.5 Å². The number of benzene rings is 1. The summed E-state index contributed by atoms with van der Waals surface area (Å²) in [6.45, 7) is 1.78. The number of aliphatic carboxylic acids is 1. The molecule has 1 aromatic rings. The second kappa shape index (κ2) is 6.36. The minimum atomic E-state index is -3.67. The molecule has 0 fully saturated rings. The van der Waals surface area contributed by atoms with Crippen LogP contribution in [0, 0.1) is 12.3 Å². The lowest BCUT2D eigenvalue weighted by atomic mass is 10.2. The summed E-state index contributed by atoms with van der Waals surface area (Å²) < 4.78 is 26.3. The highest BCUT2D eigenvalue weighted by atomic mass is 32.2. The second-order valence-corrected chi connectivity index (χ2v) is 5.68. The zero-order valence-electron chi connectivity index (χ0n) is 10.5. The van der Waals surface area contributed by atoms with Crippen molar-refractivity contribution in [3.63, 3.8) is 0 Å². The number of carboxylic acids is 1. The summed E-state index contributed by atoms with van der Waals surface area (Å²) in [5.74, 6) is 1.38. The third-order valence-electron chi connectivity index (χ3n) is 2.50. The normalized spacial score (nSPS) is 12.6. The predicted octanol–water partition coefficient (Wildman–Crippen LogP) is 1.00. The van der Waals surface area contributed by atoms with E-state index in [1.54, 1.807) is 6.92 Å². The van der Waals surface area contributed by atoms with Crippen molar-refractivity contribution in [2.45, 2.75) is 30.7 Å². The molecule has 0 spiro atoms. The molecule has 1 atom stereocenters. The van der Waals surface area contributed by atoms with Crippen LogP contribution in [-0.2, 0) is 21.2 Å². The number of sulfonamides is 1. The molecule has 0 bridgehead atoms. The predicted molar refractivity (Wildman–Crippen MR) is 71.0 cm³/mol. The van der Waals surface area contributed by atoms with E-state index >= 15 is 0 Å². The van der Waals surface area contributed by atoms with E-state index in [1.165, 1.54) is 24.3 Å². The summed E-state index contributed by atoms with van der Waals surface area (Å²) in [4.78, 5) is 10.6. The molecule has 0 radical (unpaired) electrons. The van der Waals surface area contributed by atoms with Gasteiger partial charge < -0.3 is 5.11 Å². The van der Waals surface area contributed by atoms with Crippen LogP contribution in [0.15, 0.2) is 29.2 Å². The highest BCUT2D eigenvalue weighted by Crippen LogP contribution is 2.12. The van der Waals surface area contributed by atoms with Gasteiger partial charge in [0.05, 0.1) is 17.4 Å². The fraction of sp³-hybridized carbons (Fsp3) is 0.308. The van der Waals surface area contributed by atoms with E-state index in [0.717, 1.165) is 0 Å². The fourth-order valence-electron chi connectivity index (χ4n) is 1.45. The zero-order chi connectivity index (χ0) is 14.5. The average molecular weight is 281 g/mol. The number of hydrogen-bond acceptors (Lipinski definition) is 3. The molecule has 0 heterocycles. The molecule has 5 nitrogen and oxygen atoms in total. The minimum Gasteiger partial charge on any atom is -0.481 e. The summed E-state index contributed by atoms with van der Waals surface area (Å²) >= 11 is 0. The fourth-order valence-corrected chi connectivity index (χ4v) is 2.69. The van der Waals surface area contributed by atoms with Crippen LogP contribution < -0.4 is 4.72 Å². The van der Waals surface area contributed by atoms with Crippen molar-refractivity contribution >= 4 is 16.0 Å². The Balaban J connectivity index is 2.91. The van der Waals surface area contributed by atoms with Crippen LogP contribution in [0.5, 0.6) is 0 Å². The molecule has 0 aliphatic rings. The molecule has 1 rings (SSSR count). The van der Waals surface area contributed by atoms with Gasteiger partial charge >= 0.3 is 5.97 Å². The van der Waals surface area contributed by atoms with Crippen LogP contribution in [0.2, 0.25) is 0 Å². The summed E-state index contributed by atoms with van der Waals surface area (Å²) in [6.07, 6.45) is 5.56. The van der Waals surface area contributed by atoms with Crippen molar-refractivity contribution in [1.29, 1.82) is 0 Å². The molecular weight excluding hydrogens is 266 g/mol. The third-order valence-corrected chi connectivity index (χ3v) is 3.98. The lowest BCUT2D eigenvalue weighted by Gasteiger charge is -2.11. The van der Waals surface area contributed by atoms with Crippen LogP contribution >= 0.6 is 0 Å². The monoisotopic (exact) mass is 281 g/mol. The van der Waals surface area contributed by atoms with Crippen LogP contribution in [0.4, 0.5) is 0 Å². The Labute approximate surface area is 112 Å². The van der Waals surface area contributed by atoms with Gasteiger partial charge in [-0.3, -0.25) is 4.79 Å². The van der Waals surface area contributed by atoms with Crippen molar-refractivity contribution in [2.75, 3.05) is 0 Å². The van der Waals surface area contributed by atoms with Gasteiger partial charge in [-0.2, -0.15) is 4.72 Å². The van der Waals surface area contributed by atoms with Crippen molar-refractivity contribution in [2.24, 2.45) is 0 Å². The van der Waals surface area contributed by atoms with Gasteiger partial charge in [0, 0.05) is 0 Å². The third kappa shape index (κ3) is 4.39. The van der Waals surface area contributed by atoms with Gasteiger partial charge in [0.15, 0.2) is 0 Å². The van der Waals surface area contributed by atoms with Gasteiger partial charge in [0.1, 0.15) is 0 Å². The maximum absolute atomic E-state index is 12.0. The quantitative estimate of drug-likeness (QED) is 0.762. The number of rotatable bonds is 6. The molecule has 0 aliphatic carbocycles. The Bertz CT molecular complexity index is 584. The minimum absolute atomic E-state index is 0.0651. The van der Waals surface area contributed by atoms with Gasteiger partial charge in [0.2, 0.25) is 10.0 Å². The van der Waals surface area contributed by atoms with Gasteiger partial charge in [-0.05, 0) is 24.1 Å². The van der Waals surface area contributed by atoms with Crippen LogP contribution in [0.25, 0.3) is 0 Å². The number of hydrogen-bond donors (Lipinski definition) is 2. The molecule has 19 heavy (non-hydrogen) atoms. The molecule has 1 unspecified atom stereocenters. The van der Waals surface area contributed by atoms with E-state index in [2.05, 4.69) is 10.6 Å². The lowest BCUT2D eigenvalue weighted by Crippen LogP contribution is -2.33. The maximum atomic E-state index is 12.0. The van der Waals surface area contributed by atoms with Gasteiger partial charge in [0.25, 0.3) is 0 Å². The first-order valence-electron chi connectivity index (χ1n) is 5.68. The summed E-state index contributed by atoms with van der Waals surface area (Å²) in [5.41, 5.74) is 0.537. The van der Waals surface area contributed by atoms with Crippen molar-refractivity contribution in [1.82, 2.24) is 4.72 Å². The van der Waals surface area contributed by atoms with Crippen LogP contribution in [0.3, 0.4) is 0 Å². The number of carboxylic acid groups (broad SMARTS) is 1. The van der Waals surface area contributed by atoms with Gasteiger partial charge in [-0.25, -0.2) is 8.42 Å². The Morgan fingerprint density at radius 3 is 2.42 bits per heavy atom. The van der Waals surface area contributed by atoms with E-state index in [0.29, 0.717) is 12.0 Å². The molecule has 0 aliphatic heterocycles. The first-order valence-corrected chi connectivity index (χ1v) is 7.16. The van der Waals surface area contributed by atoms with Gasteiger partial charge in [-0.15, -0.1) is 6.42 Å². The Morgan fingerprint density at radius 1 is 1.42 bits per heavy atom. The Morgan fingerprint density at radius 2 is 2.00 bits per heavy atom. The number of nitrogens with one attached hydrogen (secondary N) is 1. The Hall–Kier alpha value is -1.84. The zero-order valence-corrected chi connectivity index (χ0v) is 11.3. The summed E-state index contributed by atoms with van der Waals surface area (Å²) in [5, 5.41) is 8.63. The van der Waals surface area contributed by atoms with E-state index in [4.69, 9.17) is 11.5 Å². The Kier molecular flexibility index (Phi) is 5.10. The first kappa shape index (κ1) is 15.2. The van der Waals surface area contributed by atoms with E-state index in [1.807, 2.05) is 0 Å². The van der Waals surface area contributed by atoms with E-state index in [9.17, 15) is 13.2 Å². The lowest BCUT2D eigenvalue weighted by molar-refractivity contribution is -0.136. The molecule has 0 amide bonds. The van der Waals surface area contributed by atoms with Crippen molar-refractivity contribution in [3.8, 4) is 12.3 Å². The second-order valence-electron chi connectivity index (χ2n) is 3.96. The molecule has 0 aromatic heterocycles. The van der Waals surface area contributed by atoms with Crippen molar-refractivity contribution < 1.29 is 18.3 Å². The van der Waals surface area contributed by atoms with Crippen LogP contribution in [0.1, 0.15) is 18.9 Å². The first-order chi connectivity index (χ1) is 8.89. The smallest absolute Gasteiger partial charge is 0.307 e. The molecule has 6 heteroatoms. The molecule has 102 valence electrons. The summed E-state index contributed by atoms with van der Waals surface area (Å²) in [7, 11) is -3.67. The molecule has 0 saturated carbocycles. The van der Waals surface area contributed by atoms with E-state index < -0.39 is 22.0 Å². The molecule has 1 aromatic carbocycles. The molecule has 2 N–H and O–H groups in total. The molecule has 0 saturated heterocycles. The SMILES string of the molecule is C#CC(CC)NS(=O)(=O)c1ccc(CC(=O)O)cc1. The largest absolute Gasteiger partial charge is 0.481 e. The highest BCUT2D eigenvalue weighted by molar-refractivity contribution is 7.89. The number of carbonyl (C=O) groups is 1. The average Bonchev–Trinajstić information content (AvgIpc) is 2.36.